The van der Waals surface area contributed by atoms with E-state index in [0.717, 1.165) is 27.6 Å². The molecule has 0 N–H and O–H groups in total. The van der Waals surface area contributed by atoms with Gasteiger partial charge in [-0.05, 0) is 30.5 Å². The lowest BCUT2D eigenvalue weighted by Gasteiger charge is -2.40. The van der Waals surface area contributed by atoms with Crippen LogP contribution in [0.3, 0.4) is 0 Å². The molecule has 44 heavy (non-hydrogen) atoms. The largest absolute Gasteiger partial charge is 0.462 e. The zero-order valence-electron chi connectivity index (χ0n) is 24.4. The number of likely N-dealkylation sites (N-methyl/N-ethyl adjacent to an activating group) is 1. The van der Waals surface area contributed by atoms with E-state index in [2.05, 4.69) is 11.4 Å². The Bertz CT molecular complexity index is 1630. The number of fused-ring (bicyclic) bond motifs is 2. The first kappa shape index (κ1) is 30.2. The summed E-state index contributed by atoms with van der Waals surface area (Å²) >= 11 is 6.64. The van der Waals surface area contributed by atoms with Crippen molar-refractivity contribution in [2.75, 3.05) is 51.3 Å². The Labute approximate surface area is 259 Å². The van der Waals surface area contributed by atoms with Gasteiger partial charge in [0.2, 0.25) is 6.54 Å². The van der Waals surface area contributed by atoms with Crippen LogP contribution in [0.1, 0.15) is 29.3 Å². The molecule has 6 rings (SSSR count). The molecule has 3 aromatic rings. The molecule has 1 amide bonds. The number of hydrogen-bond acceptors (Lipinski definition) is 7. The van der Waals surface area contributed by atoms with Crippen LogP contribution in [-0.4, -0.2) is 90.3 Å². The average Bonchev–Trinajstić information content (AvgIpc) is 3.35. The summed E-state index contributed by atoms with van der Waals surface area (Å²) in [6.07, 6.45) is -0.416. The predicted molar refractivity (Wildman–Crippen MR) is 163 cm³/mol. The lowest BCUT2D eigenvalue weighted by atomic mass is 9.94. The van der Waals surface area contributed by atoms with Crippen LogP contribution in [0, 0.1) is 6.57 Å². The zero-order valence-corrected chi connectivity index (χ0v) is 25.1. The summed E-state index contributed by atoms with van der Waals surface area (Å²) < 4.78 is 40.4. The second-order valence-corrected chi connectivity index (χ2v) is 11.9. The molecule has 0 bridgehead atoms. The summed E-state index contributed by atoms with van der Waals surface area (Å²) in [6.45, 7) is 12.2. The van der Waals surface area contributed by atoms with Crippen LogP contribution in [-0.2, 0) is 22.6 Å². The molecule has 0 spiro atoms. The highest BCUT2D eigenvalue weighted by molar-refractivity contribution is 6.35. The predicted octanol–water partition coefficient (Wildman–Crippen LogP) is 4.94. The lowest BCUT2D eigenvalue weighted by Crippen LogP contribution is -2.57. The molecule has 9 nitrogen and oxygen atoms in total. The monoisotopic (exact) mass is 622 g/mol. The van der Waals surface area contributed by atoms with Gasteiger partial charge in [0.25, 0.3) is 5.91 Å². The summed E-state index contributed by atoms with van der Waals surface area (Å²) in [6, 6.07) is 11.3. The minimum atomic E-state index is -1.05. The number of amides is 1. The Kier molecular flexibility index (Phi) is 8.67. The van der Waals surface area contributed by atoms with Crippen molar-refractivity contribution in [2.24, 2.45) is 0 Å². The normalized spacial score (nSPS) is 23.8. The highest BCUT2D eigenvalue weighted by Gasteiger charge is 2.37. The number of likely N-dealkylation sites (tertiary alicyclic amines) is 1. The molecule has 2 saturated heterocycles. The molecule has 12 heteroatoms. The van der Waals surface area contributed by atoms with Gasteiger partial charge in [-0.2, -0.15) is 9.97 Å². The smallest absolute Gasteiger partial charge is 0.318 e. The molecule has 2 fully saturated rings. The summed E-state index contributed by atoms with van der Waals surface area (Å²) in [5, 5.41) is 2.58. The lowest BCUT2D eigenvalue weighted by molar-refractivity contribution is -0.131. The molecule has 2 aromatic carbocycles. The molecule has 3 aliphatic rings. The second kappa shape index (κ2) is 12.6. The Balaban J connectivity index is 1.34. The molecule has 4 atom stereocenters. The Hall–Kier alpha value is -3.85. The van der Waals surface area contributed by atoms with E-state index < -0.39 is 23.9 Å². The van der Waals surface area contributed by atoms with Gasteiger partial charge in [-0.25, -0.2) is 15.4 Å². The number of rotatable bonds is 7. The van der Waals surface area contributed by atoms with E-state index in [1.165, 1.54) is 4.90 Å². The molecule has 0 saturated carbocycles. The minimum Gasteiger partial charge on any atom is -0.462 e. The summed E-state index contributed by atoms with van der Waals surface area (Å²) in [7, 11) is 1.87. The maximum atomic E-state index is 14.0. The first-order valence-electron chi connectivity index (χ1n) is 14.6. The van der Waals surface area contributed by atoms with E-state index in [0.29, 0.717) is 36.8 Å². The van der Waals surface area contributed by atoms with Crippen LogP contribution in [0.4, 0.5) is 14.6 Å². The van der Waals surface area contributed by atoms with E-state index in [1.807, 2.05) is 53.2 Å². The standard InChI is InChI=1S/C32H33ClF2N6O3/c1-19(34)31(42)41-11-10-40(16-23(41)14-36-2)30-25-18-43-28(24-8-4-6-20-7-5-9-26(33)29(20)24)13-27(25)37-32(38-30)44-17-22-12-21(35)15-39(22)3/h4-9,21-23,28H,1,10-18H2,3H3/t21-,22+,23+,28?/m1/s1. The number of alkyl halides is 1. The van der Waals surface area contributed by atoms with Gasteiger partial charge in [-0.15, -0.1) is 0 Å². The van der Waals surface area contributed by atoms with Crippen molar-refractivity contribution in [1.29, 1.82) is 0 Å². The number of halogens is 3. The molecule has 1 unspecified atom stereocenters. The maximum absolute atomic E-state index is 14.0. The van der Waals surface area contributed by atoms with Crippen molar-refractivity contribution in [2.45, 2.75) is 43.8 Å². The zero-order chi connectivity index (χ0) is 31.0. The van der Waals surface area contributed by atoms with E-state index in [9.17, 15) is 13.6 Å². The van der Waals surface area contributed by atoms with Crippen LogP contribution < -0.4 is 9.64 Å². The van der Waals surface area contributed by atoms with Gasteiger partial charge < -0.3 is 24.1 Å². The van der Waals surface area contributed by atoms with Crippen LogP contribution in [0.5, 0.6) is 6.01 Å². The third kappa shape index (κ3) is 5.94. The fraction of sp³-hybridized carbons (Fsp3) is 0.438. The van der Waals surface area contributed by atoms with E-state index in [4.69, 9.17) is 37.6 Å². The number of piperazine rings is 1. The fourth-order valence-electron chi connectivity index (χ4n) is 6.46. The van der Waals surface area contributed by atoms with E-state index in [-0.39, 0.29) is 51.0 Å². The number of hydrogen-bond donors (Lipinski definition) is 0. The first-order valence-corrected chi connectivity index (χ1v) is 15.0. The quantitative estimate of drug-likeness (QED) is 0.273. The molecule has 1 aromatic heterocycles. The maximum Gasteiger partial charge on any atom is 0.318 e. The third-order valence-corrected chi connectivity index (χ3v) is 9.03. The number of nitrogens with zero attached hydrogens (tertiary/aromatic N) is 6. The number of benzene rings is 2. The fourth-order valence-corrected chi connectivity index (χ4v) is 6.75. The minimum absolute atomic E-state index is 0.00494. The number of carbonyl (C=O) groups is 1. The Morgan fingerprint density at radius 1 is 1.20 bits per heavy atom. The molecular formula is C32H33ClF2N6O3. The van der Waals surface area contributed by atoms with Crippen LogP contribution in [0.2, 0.25) is 5.02 Å². The van der Waals surface area contributed by atoms with E-state index >= 15 is 0 Å². The van der Waals surface area contributed by atoms with E-state index in [1.54, 1.807) is 0 Å². The van der Waals surface area contributed by atoms with Gasteiger partial charge in [0.1, 0.15) is 24.6 Å². The highest BCUT2D eigenvalue weighted by atomic mass is 35.5. The van der Waals surface area contributed by atoms with Gasteiger partial charge in [0.15, 0.2) is 5.83 Å². The van der Waals surface area contributed by atoms with Crippen molar-refractivity contribution in [3.8, 4) is 6.01 Å². The SMILES string of the molecule is [C-]#[N+]C[C@H]1CN(c2nc(OC[C@@H]3C[C@@H](F)CN3C)nc3c2COC(c2cccc4cccc(Cl)c24)C3)CCN1C(=O)C(=C)F. The van der Waals surface area contributed by atoms with Gasteiger partial charge in [-0.1, -0.05) is 48.5 Å². The second-order valence-electron chi connectivity index (χ2n) is 11.5. The van der Waals surface area contributed by atoms with Crippen LogP contribution >= 0.6 is 11.6 Å². The van der Waals surface area contributed by atoms with Gasteiger partial charge >= 0.3 is 6.01 Å². The van der Waals surface area contributed by atoms with Crippen molar-refractivity contribution in [1.82, 2.24) is 19.8 Å². The van der Waals surface area contributed by atoms with Gasteiger partial charge in [0, 0.05) is 54.6 Å². The molecule has 0 aliphatic carbocycles. The topological polar surface area (TPSA) is 75.4 Å². The van der Waals surface area contributed by atoms with Crippen molar-refractivity contribution in [3.05, 3.63) is 82.1 Å². The number of aromatic nitrogens is 2. The third-order valence-electron chi connectivity index (χ3n) is 8.71. The average molecular weight is 623 g/mol. The van der Waals surface area contributed by atoms with Crippen LogP contribution in [0.15, 0.2) is 48.8 Å². The number of carbonyl (C=O) groups excluding carboxylic acids is 1. The summed E-state index contributed by atoms with van der Waals surface area (Å²) in [4.78, 5) is 30.9. The number of ether oxygens (including phenoxy) is 2. The molecule has 4 heterocycles. The highest BCUT2D eigenvalue weighted by Crippen LogP contribution is 2.39. The first-order chi connectivity index (χ1) is 21.2. The number of anilines is 1. The van der Waals surface area contributed by atoms with Crippen molar-refractivity contribution >= 4 is 34.1 Å². The summed E-state index contributed by atoms with van der Waals surface area (Å²) in [5.74, 6) is -1.27. The molecule has 3 aliphatic heterocycles. The van der Waals surface area contributed by atoms with Gasteiger partial charge in [-0.3, -0.25) is 9.69 Å². The summed E-state index contributed by atoms with van der Waals surface area (Å²) in [5.41, 5.74) is 2.50. The Morgan fingerprint density at radius 3 is 2.73 bits per heavy atom. The Morgan fingerprint density at radius 2 is 2.00 bits per heavy atom. The molecular weight excluding hydrogens is 590 g/mol. The van der Waals surface area contributed by atoms with Crippen molar-refractivity contribution in [3.63, 3.8) is 0 Å². The van der Waals surface area contributed by atoms with Crippen LogP contribution in [0.25, 0.3) is 15.6 Å². The van der Waals surface area contributed by atoms with Gasteiger partial charge in [0.05, 0.1) is 18.4 Å². The molecule has 0 radical (unpaired) electrons. The molecule has 230 valence electrons. The van der Waals surface area contributed by atoms with Crippen molar-refractivity contribution < 1.29 is 23.0 Å².